The van der Waals surface area contributed by atoms with Crippen LogP contribution in [0.5, 0.6) is 0 Å². The zero-order valence-electron chi connectivity index (χ0n) is 11.0. The SMILES string of the molecule is CCCC(C)(CCC)n1ncc2ccncc21. The molecule has 0 fully saturated rings. The second-order valence-electron chi connectivity index (χ2n) is 4.99. The van der Waals surface area contributed by atoms with Gasteiger partial charge >= 0.3 is 0 Å². The molecule has 0 saturated heterocycles. The minimum atomic E-state index is 0.119. The Morgan fingerprint density at radius 2 is 1.88 bits per heavy atom. The molecule has 3 heteroatoms. The predicted molar refractivity (Wildman–Crippen MR) is 71.0 cm³/mol. The van der Waals surface area contributed by atoms with E-state index < -0.39 is 0 Å². The van der Waals surface area contributed by atoms with E-state index in [0.29, 0.717) is 0 Å². The highest BCUT2D eigenvalue weighted by atomic mass is 15.3. The van der Waals surface area contributed by atoms with E-state index in [9.17, 15) is 0 Å². The Morgan fingerprint density at radius 1 is 1.18 bits per heavy atom. The molecule has 0 aliphatic rings. The zero-order chi connectivity index (χ0) is 12.3. The zero-order valence-corrected chi connectivity index (χ0v) is 11.0. The Morgan fingerprint density at radius 3 is 2.53 bits per heavy atom. The number of fused-ring (bicyclic) bond motifs is 1. The van der Waals surface area contributed by atoms with Gasteiger partial charge < -0.3 is 0 Å². The fraction of sp³-hybridized carbons (Fsp3) is 0.571. The van der Waals surface area contributed by atoms with E-state index in [1.54, 1.807) is 0 Å². The molecule has 2 aromatic rings. The molecule has 0 saturated carbocycles. The maximum absolute atomic E-state index is 4.58. The molecule has 3 nitrogen and oxygen atoms in total. The molecular formula is C14H21N3. The van der Waals surface area contributed by atoms with Crippen LogP contribution in [-0.4, -0.2) is 14.8 Å². The third-order valence-corrected chi connectivity index (χ3v) is 3.46. The molecule has 0 bridgehead atoms. The molecule has 2 rings (SSSR count). The lowest BCUT2D eigenvalue weighted by molar-refractivity contribution is 0.247. The molecule has 92 valence electrons. The van der Waals surface area contributed by atoms with Gasteiger partial charge in [-0.05, 0) is 25.8 Å². The number of rotatable bonds is 5. The van der Waals surface area contributed by atoms with E-state index in [-0.39, 0.29) is 5.54 Å². The lowest BCUT2D eigenvalue weighted by Crippen LogP contribution is -2.30. The maximum Gasteiger partial charge on any atom is 0.0872 e. The monoisotopic (exact) mass is 231 g/mol. The van der Waals surface area contributed by atoms with Gasteiger partial charge in [-0.25, -0.2) is 0 Å². The summed E-state index contributed by atoms with van der Waals surface area (Å²) < 4.78 is 2.17. The molecular weight excluding hydrogens is 210 g/mol. The Hall–Kier alpha value is -1.38. The van der Waals surface area contributed by atoms with E-state index in [0.717, 1.165) is 18.4 Å². The Balaban J connectivity index is 2.48. The molecule has 0 amide bonds. The van der Waals surface area contributed by atoms with Gasteiger partial charge in [0.05, 0.1) is 23.4 Å². The number of hydrogen-bond acceptors (Lipinski definition) is 2. The van der Waals surface area contributed by atoms with Gasteiger partial charge in [0.15, 0.2) is 0 Å². The Kier molecular flexibility index (Phi) is 3.46. The number of hydrogen-bond donors (Lipinski definition) is 0. The van der Waals surface area contributed by atoms with Gasteiger partial charge in [0.1, 0.15) is 0 Å². The molecule has 0 unspecified atom stereocenters. The van der Waals surface area contributed by atoms with Crippen LogP contribution in [0.15, 0.2) is 24.7 Å². The van der Waals surface area contributed by atoms with Gasteiger partial charge in [-0.3, -0.25) is 9.67 Å². The first kappa shape index (κ1) is 12.1. The summed E-state index contributed by atoms with van der Waals surface area (Å²) in [4.78, 5) is 4.22. The van der Waals surface area contributed by atoms with Crippen molar-refractivity contribution in [1.82, 2.24) is 14.8 Å². The van der Waals surface area contributed by atoms with Crippen molar-refractivity contribution in [2.45, 2.75) is 52.0 Å². The van der Waals surface area contributed by atoms with Crippen molar-refractivity contribution in [3.8, 4) is 0 Å². The van der Waals surface area contributed by atoms with E-state index in [2.05, 4.69) is 35.5 Å². The minimum Gasteiger partial charge on any atom is -0.262 e. The largest absolute Gasteiger partial charge is 0.262 e. The first-order valence-corrected chi connectivity index (χ1v) is 6.49. The molecule has 0 aliphatic heterocycles. The van der Waals surface area contributed by atoms with Gasteiger partial charge in [-0.2, -0.15) is 5.10 Å². The van der Waals surface area contributed by atoms with E-state index >= 15 is 0 Å². The molecule has 0 atom stereocenters. The molecule has 17 heavy (non-hydrogen) atoms. The molecule has 0 aromatic carbocycles. The van der Waals surface area contributed by atoms with Crippen LogP contribution in [0.4, 0.5) is 0 Å². The second-order valence-corrected chi connectivity index (χ2v) is 4.99. The van der Waals surface area contributed by atoms with Crippen LogP contribution in [0, 0.1) is 0 Å². The van der Waals surface area contributed by atoms with Crippen LogP contribution in [0.1, 0.15) is 46.5 Å². The quantitative estimate of drug-likeness (QED) is 0.784. The van der Waals surface area contributed by atoms with Crippen molar-refractivity contribution in [1.29, 1.82) is 0 Å². The van der Waals surface area contributed by atoms with Crippen molar-refractivity contribution in [3.63, 3.8) is 0 Å². The topological polar surface area (TPSA) is 30.7 Å². The van der Waals surface area contributed by atoms with E-state index in [1.807, 2.05) is 24.7 Å². The minimum absolute atomic E-state index is 0.119. The highest BCUT2D eigenvalue weighted by Gasteiger charge is 2.26. The van der Waals surface area contributed by atoms with Crippen LogP contribution >= 0.6 is 0 Å². The number of aromatic nitrogens is 3. The summed E-state index contributed by atoms with van der Waals surface area (Å²) in [7, 11) is 0. The summed E-state index contributed by atoms with van der Waals surface area (Å²) in [5.74, 6) is 0. The van der Waals surface area contributed by atoms with Crippen molar-refractivity contribution < 1.29 is 0 Å². The van der Waals surface area contributed by atoms with E-state index in [4.69, 9.17) is 0 Å². The van der Waals surface area contributed by atoms with Crippen LogP contribution < -0.4 is 0 Å². The standard InChI is InChI=1S/C14H21N3/c1-4-7-14(3,8-5-2)17-13-11-15-9-6-12(13)10-16-17/h6,9-11H,4-5,7-8H2,1-3H3. The molecule has 0 spiro atoms. The van der Waals surface area contributed by atoms with Crippen LogP contribution in [-0.2, 0) is 5.54 Å². The predicted octanol–water partition coefficient (Wildman–Crippen LogP) is 3.75. The van der Waals surface area contributed by atoms with Gasteiger partial charge in [0.2, 0.25) is 0 Å². The van der Waals surface area contributed by atoms with Gasteiger partial charge in [0, 0.05) is 11.6 Å². The summed E-state index contributed by atoms with van der Waals surface area (Å²) in [6, 6.07) is 2.02. The first-order chi connectivity index (χ1) is 8.21. The third-order valence-electron chi connectivity index (χ3n) is 3.46. The third kappa shape index (κ3) is 2.19. The Bertz CT molecular complexity index is 481. The second kappa shape index (κ2) is 4.86. The first-order valence-electron chi connectivity index (χ1n) is 6.49. The molecule has 0 radical (unpaired) electrons. The lowest BCUT2D eigenvalue weighted by atomic mass is 9.91. The van der Waals surface area contributed by atoms with Crippen LogP contribution in [0.3, 0.4) is 0 Å². The van der Waals surface area contributed by atoms with Crippen molar-refractivity contribution in [3.05, 3.63) is 24.7 Å². The van der Waals surface area contributed by atoms with Gasteiger partial charge in [-0.1, -0.05) is 26.7 Å². The smallest absolute Gasteiger partial charge is 0.0872 e. The van der Waals surface area contributed by atoms with Crippen molar-refractivity contribution in [2.75, 3.05) is 0 Å². The summed E-state index contributed by atoms with van der Waals surface area (Å²) in [6.07, 6.45) is 10.4. The highest BCUT2D eigenvalue weighted by Crippen LogP contribution is 2.30. The normalized spacial score (nSPS) is 12.2. The molecule has 0 N–H and O–H groups in total. The fourth-order valence-corrected chi connectivity index (χ4v) is 2.71. The van der Waals surface area contributed by atoms with Crippen molar-refractivity contribution >= 4 is 10.9 Å². The number of nitrogens with zero attached hydrogens (tertiary/aromatic N) is 3. The fourth-order valence-electron chi connectivity index (χ4n) is 2.71. The maximum atomic E-state index is 4.58. The van der Waals surface area contributed by atoms with Crippen LogP contribution in [0.25, 0.3) is 10.9 Å². The molecule has 2 aromatic heterocycles. The van der Waals surface area contributed by atoms with Crippen molar-refractivity contribution in [2.24, 2.45) is 0 Å². The van der Waals surface area contributed by atoms with E-state index in [1.165, 1.54) is 18.2 Å². The summed E-state index contributed by atoms with van der Waals surface area (Å²) in [5.41, 5.74) is 1.27. The lowest BCUT2D eigenvalue weighted by Gasteiger charge is -2.30. The molecule has 2 heterocycles. The molecule has 0 aliphatic carbocycles. The summed E-state index contributed by atoms with van der Waals surface area (Å²) >= 11 is 0. The summed E-state index contributed by atoms with van der Waals surface area (Å²) in [6.45, 7) is 6.77. The highest BCUT2D eigenvalue weighted by molar-refractivity contribution is 5.77. The van der Waals surface area contributed by atoms with Crippen LogP contribution in [0.2, 0.25) is 0 Å². The van der Waals surface area contributed by atoms with Gasteiger partial charge in [0.25, 0.3) is 0 Å². The average molecular weight is 231 g/mol. The van der Waals surface area contributed by atoms with Gasteiger partial charge in [-0.15, -0.1) is 0 Å². The Labute approximate surface area is 103 Å². The number of pyridine rings is 1. The summed E-state index contributed by atoms with van der Waals surface area (Å²) in [5, 5.41) is 5.76. The average Bonchev–Trinajstić information content (AvgIpc) is 2.74.